The van der Waals surface area contributed by atoms with E-state index in [0.29, 0.717) is 13.1 Å². The first-order valence-corrected chi connectivity index (χ1v) is 10.7. The molecular formula is C22H28ClN3O2S. The topological polar surface area (TPSA) is 66.6 Å². The van der Waals surface area contributed by atoms with E-state index in [9.17, 15) is 9.59 Å². The lowest BCUT2D eigenvalue weighted by molar-refractivity contribution is -0.135. The van der Waals surface area contributed by atoms with Crippen molar-refractivity contribution in [2.24, 2.45) is 17.1 Å². The number of likely N-dealkylation sites (tertiary alicyclic amines) is 1. The van der Waals surface area contributed by atoms with E-state index < -0.39 is 0 Å². The molecule has 2 fully saturated rings. The van der Waals surface area contributed by atoms with Gasteiger partial charge >= 0.3 is 0 Å². The molecule has 0 radical (unpaired) electrons. The molecule has 2 amide bonds. The van der Waals surface area contributed by atoms with Crippen LogP contribution in [-0.2, 0) is 9.59 Å². The summed E-state index contributed by atoms with van der Waals surface area (Å²) in [6.45, 7) is 6.13. The molecule has 29 heavy (non-hydrogen) atoms. The number of carbonyl (C=O) groups excluding carboxylic acids is 2. The van der Waals surface area contributed by atoms with Crippen molar-refractivity contribution in [3.8, 4) is 0 Å². The number of anilines is 1. The smallest absolute Gasteiger partial charge is 0.228 e. The maximum atomic E-state index is 13.4. The molecule has 0 aliphatic carbocycles. The molecule has 156 valence electrons. The van der Waals surface area contributed by atoms with Crippen LogP contribution in [0.5, 0.6) is 0 Å². The molecule has 3 atom stereocenters. The average Bonchev–Trinajstić information content (AvgIpc) is 3.41. The maximum absolute atomic E-state index is 13.4. The highest BCUT2D eigenvalue weighted by Gasteiger charge is 2.48. The molecule has 5 nitrogen and oxygen atoms in total. The molecule has 4 rings (SSSR count). The highest BCUT2D eigenvalue weighted by atomic mass is 35.5. The summed E-state index contributed by atoms with van der Waals surface area (Å²) in [6.07, 6.45) is 1.17. The predicted molar refractivity (Wildman–Crippen MR) is 119 cm³/mol. The second-order valence-corrected chi connectivity index (χ2v) is 9.37. The minimum absolute atomic E-state index is 0. The number of aryl methyl sites for hydroxylation is 1. The Hall–Kier alpha value is -1.89. The summed E-state index contributed by atoms with van der Waals surface area (Å²) in [5.74, 6) is -0.257. The van der Waals surface area contributed by atoms with Crippen molar-refractivity contribution in [2.75, 3.05) is 24.5 Å². The number of amides is 2. The van der Waals surface area contributed by atoms with Gasteiger partial charge in [0.1, 0.15) is 0 Å². The van der Waals surface area contributed by atoms with Crippen LogP contribution < -0.4 is 10.6 Å². The van der Waals surface area contributed by atoms with Gasteiger partial charge in [0.05, 0.1) is 12.0 Å². The van der Waals surface area contributed by atoms with E-state index >= 15 is 0 Å². The van der Waals surface area contributed by atoms with Crippen LogP contribution in [-0.4, -0.2) is 36.3 Å². The van der Waals surface area contributed by atoms with Crippen molar-refractivity contribution in [3.05, 3.63) is 52.2 Å². The minimum Gasteiger partial charge on any atom is -0.342 e. The second-order valence-electron chi connectivity index (χ2n) is 8.39. The van der Waals surface area contributed by atoms with Gasteiger partial charge < -0.3 is 15.5 Å². The Labute approximate surface area is 182 Å². The molecule has 2 aromatic rings. The van der Waals surface area contributed by atoms with Crippen molar-refractivity contribution < 1.29 is 9.59 Å². The average molecular weight is 434 g/mol. The van der Waals surface area contributed by atoms with Crippen LogP contribution in [0.25, 0.3) is 0 Å². The van der Waals surface area contributed by atoms with Crippen LogP contribution in [0, 0.1) is 18.3 Å². The Morgan fingerprint density at radius 1 is 1.28 bits per heavy atom. The summed E-state index contributed by atoms with van der Waals surface area (Å²) >= 11 is 1.61. The number of benzene rings is 1. The summed E-state index contributed by atoms with van der Waals surface area (Å²) in [7, 11) is 0. The lowest BCUT2D eigenvalue weighted by Gasteiger charge is -2.30. The third-order valence-corrected chi connectivity index (χ3v) is 7.09. The van der Waals surface area contributed by atoms with E-state index in [2.05, 4.69) is 6.92 Å². The van der Waals surface area contributed by atoms with Gasteiger partial charge in [0, 0.05) is 30.1 Å². The lowest BCUT2D eigenvalue weighted by Crippen LogP contribution is -2.39. The van der Waals surface area contributed by atoms with Crippen LogP contribution in [0.2, 0.25) is 0 Å². The number of carbonyl (C=O) groups is 2. The molecule has 1 aromatic heterocycles. The zero-order valence-corrected chi connectivity index (χ0v) is 18.5. The van der Waals surface area contributed by atoms with Gasteiger partial charge in [0.25, 0.3) is 0 Å². The lowest BCUT2D eigenvalue weighted by atomic mass is 9.90. The number of halogens is 1. The van der Waals surface area contributed by atoms with Gasteiger partial charge in [-0.05, 0) is 48.9 Å². The predicted octanol–water partition coefficient (Wildman–Crippen LogP) is 3.77. The zero-order valence-electron chi connectivity index (χ0n) is 16.8. The molecule has 1 aromatic carbocycles. The van der Waals surface area contributed by atoms with E-state index in [1.54, 1.807) is 11.3 Å². The number of hydrogen-bond acceptors (Lipinski definition) is 4. The summed E-state index contributed by atoms with van der Waals surface area (Å²) in [4.78, 5) is 31.3. The number of thiophene rings is 1. The minimum atomic E-state index is -0.354. The number of rotatable bonds is 4. The first-order valence-electron chi connectivity index (χ1n) is 9.83. The van der Waals surface area contributed by atoms with Crippen LogP contribution in [0.3, 0.4) is 0 Å². The van der Waals surface area contributed by atoms with Crippen molar-refractivity contribution in [1.29, 1.82) is 0 Å². The van der Waals surface area contributed by atoms with Crippen molar-refractivity contribution in [2.45, 2.75) is 32.7 Å². The summed E-state index contributed by atoms with van der Waals surface area (Å²) in [5, 5.41) is 2.01. The quantitative estimate of drug-likeness (QED) is 0.798. The van der Waals surface area contributed by atoms with E-state index in [4.69, 9.17) is 5.73 Å². The molecule has 3 unspecified atom stereocenters. The Balaban J connectivity index is 0.00000240. The third kappa shape index (κ3) is 4.06. The molecule has 0 saturated carbocycles. The van der Waals surface area contributed by atoms with Gasteiger partial charge in [-0.1, -0.05) is 30.7 Å². The van der Waals surface area contributed by atoms with Crippen LogP contribution >= 0.6 is 23.7 Å². The number of nitrogens with zero attached hydrogens (tertiary/aromatic N) is 2. The largest absolute Gasteiger partial charge is 0.342 e. The van der Waals surface area contributed by atoms with Crippen molar-refractivity contribution in [1.82, 2.24) is 4.90 Å². The monoisotopic (exact) mass is 433 g/mol. The molecule has 0 spiro atoms. The van der Waals surface area contributed by atoms with E-state index in [1.165, 1.54) is 0 Å². The Morgan fingerprint density at radius 2 is 2.00 bits per heavy atom. The normalized spacial score (nSPS) is 26.7. The molecule has 0 bridgehead atoms. The molecule has 7 heteroatoms. The third-order valence-electron chi connectivity index (χ3n) is 6.15. The fourth-order valence-electron chi connectivity index (χ4n) is 4.36. The number of nitrogens with two attached hydrogens (primary N) is 1. The zero-order chi connectivity index (χ0) is 19.9. The molecule has 2 aliphatic heterocycles. The van der Waals surface area contributed by atoms with Gasteiger partial charge in [-0.15, -0.1) is 23.7 Å². The molecule has 2 aliphatic rings. The van der Waals surface area contributed by atoms with Crippen molar-refractivity contribution >= 4 is 41.2 Å². The molecule has 2 saturated heterocycles. The Bertz CT molecular complexity index is 871. The van der Waals surface area contributed by atoms with Crippen LogP contribution in [0.4, 0.5) is 5.69 Å². The SMILES string of the molecule is Cc1ccc(N2C(=O)CC(C(=O)N3CCC(C)(CN)C3)C2c2cccs2)cc1.Cl. The second kappa shape index (κ2) is 8.46. The van der Waals surface area contributed by atoms with Gasteiger partial charge in [0.2, 0.25) is 11.8 Å². The fourth-order valence-corrected chi connectivity index (χ4v) is 5.24. The summed E-state index contributed by atoms with van der Waals surface area (Å²) in [5.41, 5.74) is 7.91. The summed E-state index contributed by atoms with van der Waals surface area (Å²) in [6, 6.07) is 11.7. The van der Waals surface area contributed by atoms with Gasteiger partial charge in [0.15, 0.2) is 0 Å². The fraction of sp³-hybridized carbons (Fsp3) is 0.455. The van der Waals surface area contributed by atoms with Gasteiger partial charge in [-0.25, -0.2) is 0 Å². The van der Waals surface area contributed by atoms with Crippen LogP contribution in [0.15, 0.2) is 41.8 Å². The first-order chi connectivity index (χ1) is 13.4. The highest BCUT2D eigenvalue weighted by Crippen LogP contribution is 2.44. The van der Waals surface area contributed by atoms with Crippen LogP contribution in [0.1, 0.15) is 36.2 Å². The van der Waals surface area contributed by atoms with E-state index in [-0.39, 0.29) is 48.0 Å². The number of hydrogen-bond donors (Lipinski definition) is 1. The molecule has 2 N–H and O–H groups in total. The van der Waals surface area contributed by atoms with Crippen molar-refractivity contribution in [3.63, 3.8) is 0 Å². The highest BCUT2D eigenvalue weighted by molar-refractivity contribution is 7.10. The van der Waals surface area contributed by atoms with Gasteiger partial charge in [-0.2, -0.15) is 0 Å². The summed E-state index contributed by atoms with van der Waals surface area (Å²) < 4.78 is 0. The standard InChI is InChI=1S/C22H27N3O2S.ClH/c1-15-5-7-16(8-6-15)25-19(26)12-17(20(25)18-4-3-11-28-18)21(27)24-10-9-22(2,13-23)14-24;/h3-8,11,17,20H,9-10,12-14,23H2,1-2H3;1H. The van der Waals surface area contributed by atoms with Gasteiger partial charge in [-0.3, -0.25) is 9.59 Å². The molecular weight excluding hydrogens is 406 g/mol. The van der Waals surface area contributed by atoms with E-state index in [1.807, 2.05) is 58.5 Å². The maximum Gasteiger partial charge on any atom is 0.228 e. The molecule has 3 heterocycles. The van der Waals surface area contributed by atoms with E-state index in [0.717, 1.165) is 29.1 Å². The Kier molecular flexibility index (Phi) is 6.36. The first kappa shape index (κ1) is 21.8. The Morgan fingerprint density at radius 3 is 2.59 bits per heavy atom.